The van der Waals surface area contributed by atoms with Gasteiger partial charge in [-0.25, -0.2) is 9.98 Å². The second kappa shape index (κ2) is 12.3. The van der Waals surface area contributed by atoms with E-state index in [2.05, 4.69) is 29.1 Å². The summed E-state index contributed by atoms with van der Waals surface area (Å²) in [5.41, 5.74) is 6.78. The molecule has 2 rings (SSSR count). The van der Waals surface area contributed by atoms with Crippen LogP contribution in [-0.4, -0.2) is 30.7 Å². The molecular formula is C19H27IN4O2. The van der Waals surface area contributed by atoms with Crippen molar-refractivity contribution in [2.24, 2.45) is 16.6 Å². The van der Waals surface area contributed by atoms with E-state index in [1.54, 1.807) is 6.20 Å². The van der Waals surface area contributed by atoms with Gasteiger partial charge in [0.15, 0.2) is 5.96 Å². The normalized spacial score (nSPS) is 11.0. The molecule has 1 heterocycles. The number of aromatic nitrogens is 1. The van der Waals surface area contributed by atoms with Gasteiger partial charge in [0.2, 0.25) is 5.88 Å². The number of para-hydroxylation sites is 1. The fourth-order valence-corrected chi connectivity index (χ4v) is 1.95. The summed E-state index contributed by atoms with van der Waals surface area (Å²) in [7, 11) is 0. The molecule has 0 fully saturated rings. The molecule has 0 aliphatic carbocycles. The van der Waals surface area contributed by atoms with Crippen LogP contribution in [0, 0.1) is 5.92 Å². The van der Waals surface area contributed by atoms with Crippen LogP contribution in [-0.2, 0) is 6.54 Å². The first-order valence-electron chi connectivity index (χ1n) is 8.43. The summed E-state index contributed by atoms with van der Waals surface area (Å²) in [5, 5.41) is 3.08. The van der Waals surface area contributed by atoms with E-state index in [1.807, 2.05) is 42.5 Å². The van der Waals surface area contributed by atoms with Crippen LogP contribution in [0.5, 0.6) is 11.6 Å². The second-order valence-electron chi connectivity index (χ2n) is 5.99. The summed E-state index contributed by atoms with van der Waals surface area (Å²) in [4.78, 5) is 8.55. The number of ether oxygens (including phenoxy) is 2. The van der Waals surface area contributed by atoms with Crippen LogP contribution in [0.15, 0.2) is 53.7 Å². The van der Waals surface area contributed by atoms with Gasteiger partial charge < -0.3 is 20.5 Å². The number of hydrogen-bond acceptors (Lipinski definition) is 4. The molecule has 0 bridgehead atoms. The van der Waals surface area contributed by atoms with Crippen molar-refractivity contribution in [3.8, 4) is 11.6 Å². The maximum atomic E-state index is 5.81. The van der Waals surface area contributed by atoms with Gasteiger partial charge in [0, 0.05) is 18.8 Å². The molecule has 7 heteroatoms. The molecule has 0 amide bonds. The molecule has 1 aromatic heterocycles. The minimum atomic E-state index is 0. The number of pyridine rings is 1. The molecule has 0 unspecified atom stereocenters. The topological polar surface area (TPSA) is 81.8 Å². The lowest BCUT2D eigenvalue weighted by molar-refractivity contribution is 0.212. The van der Waals surface area contributed by atoms with Crippen molar-refractivity contribution in [2.75, 3.05) is 19.8 Å². The largest absolute Gasteiger partial charge is 0.490 e. The summed E-state index contributed by atoms with van der Waals surface area (Å²) in [6.07, 6.45) is 1.74. The van der Waals surface area contributed by atoms with Crippen molar-refractivity contribution in [1.29, 1.82) is 0 Å². The monoisotopic (exact) mass is 470 g/mol. The third-order valence-electron chi connectivity index (χ3n) is 3.27. The molecular weight excluding hydrogens is 443 g/mol. The molecule has 0 aliphatic rings. The number of nitrogens with two attached hydrogens (primary N) is 1. The fraction of sp³-hybridized carbons (Fsp3) is 0.368. The highest BCUT2D eigenvalue weighted by atomic mass is 127. The quantitative estimate of drug-likeness (QED) is 0.255. The van der Waals surface area contributed by atoms with Crippen molar-refractivity contribution < 1.29 is 9.47 Å². The first-order chi connectivity index (χ1) is 12.1. The van der Waals surface area contributed by atoms with E-state index in [1.165, 1.54) is 0 Å². The SMILES string of the molecule is CC(C)CNC(N)=NCc1ccc(OCCOc2ccccc2)nc1.I. The Morgan fingerprint density at radius 1 is 1.12 bits per heavy atom. The Morgan fingerprint density at radius 2 is 1.85 bits per heavy atom. The summed E-state index contributed by atoms with van der Waals surface area (Å²) in [5.74, 6) is 2.37. The van der Waals surface area contributed by atoms with Crippen molar-refractivity contribution >= 4 is 29.9 Å². The molecule has 26 heavy (non-hydrogen) atoms. The first-order valence-corrected chi connectivity index (χ1v) is 8.43. The zero-order chi connectivity index (χ0) is 17.9. The Bertz CT molecular complexity index is 648. The van der Waals surface area contributed by atoms with Crippen LogP contribution in [0.3, 0.4) is 0 Å². The highest BCUT2D eigenvalue weighted by molar-refractivity contribution is 14.0. The number of aliphatic imine (C=N–C) groups is 1. The van der Waals surface area contributed by atoms with Crippen LogP contribution in [0.25, 0.3) is 0 Å². The van der Waals surface area contributed by atoms with E-state index >= 15 is 0 Å². The third-order valence-corrected chi connectivity index (χ3v) is 3.27. The van der Waals surface area contributed by atoms with Gasteiger partial charge in [-0.3, -0.25) is 0 Å². The van der Waals surface area contributed by atoms with Crippen LogP contribution < -0.4 is 20.5 Å². The molecule has 0 spiro atoms. The lowest BCUT2D eigenvalue weighted by Crippen LogP contribution is -2.34. The Kier molecular flexibility index (Phi) is 10.5. The van der Waals surface area contributed by atoms with Gasteiger partial charge in [-0.2, -0.15) is 0 Å². The van der Waals surface area contributed by atoms with Crippen LogP contribution in [0.2, 0.25) is 0 Å². The molecule has 2 aromatic rings. The van der Waals surface area contributed by atoms with E-state index in [4.69, 9.17) is 15.2 Å². The number of halogens is 1. The van der Waals surface area contributed by atoms with Gasteiger partial charge in [0.25, 0.3) is 0 Å². The summed E-state index contributed by atoms with van der Waals surface area (Å²) in [6.45, 7) is 6.44. The smallest absolute Gasteiger partial charge is 0.213 e. The average Bonchev–Trinajstić information content (AvgIpc) is 2.63. The number of nitrogens with zero attached hydrogens (tertiary/aromatic N) is 2. The maximum Gasteiger partial charge on any atom is 0.213 e. The Labute approximate surface area is 172 Å². The predicted octanol–water partition coefficient (Wildman–Crippen LogP) is 3.22. The van der Waals surface area contributed by atoms with Gasteiger partial charge in [-0.05, 0) is 23.6 Å². The summed E-state index contributed by atoms with van der Waals surface area (Å²) in [6, 6.07) is 13.4. The summed E-state index contributed by atoms with van der Waals surface area (Å²) >= 11 is 0. The van der Waals surface area contributed by atoms with Crippen LogP contribution in [0.4, 0.5) is 0 Å². The molecule has 0 saturated heterocycles. The van der Waals surface area contributed by atoms with E-state index < -0.39 is 0 Å². The van der Waals surface area contributed by atoms with Crippen molar-refractivity contribution in [1.82, 2.24) is 10.3 Å². The van der Waals surface area contributed by atoms with Crippen LogP contribution >= 0.6 is 24.0 Å². The minimum Gasteiger partial charge on any atom is -0.490 e. The zero-order valence-corrected chi connectivity index (χ0v) is 17.6. The number of guanidine groups is 1. The first kappa shape index (κ1) is 22.0. The minimum absolute atomic E-state index is 0. The fourth-order valence-electron chi connectivity index (χ4n) is 1.95. The number of benzene rings is 1. The standard InChI is InChI=1S/C19H26N4O2.HI/c1-15(2)12-22-19(20)23-14-16-8-9-18(21-13-16)25-11-10-24-17-6-4-3-5-7-17;/h3-9,13,15H,10-12,14H2,1-2H3,(H3,20,22,23);1H. The van der Waals surface area contributed by atoms with Gasteiger partial charge in [-0.1, -0.05) is 38.1 Å². The Morgan fingerprint density at radius 3 is 2.50 bits per heavy atom. The summed E-state index contributed by atoms with van der Waals surface area (Å²) < 4.78 is 11.1. The number of nitrogens with one attached hydrogen (secondary N) is 1. The molecule has 142 valence electrons. The van der Waals surface area contributed by atoms with Gasteiger partial charge >= 0.3 is 0 Å². The lowest BCUT2D eigenvalue weighted by atomic mass is 10.2. The van der Waals surface area contributed by atoms with Gasteiger partial charge in [-0.15, -0.1) is 24.0 Å². The number of rotatable bonds is 9. The van der Waals surface area contributed by atoms with E-state index in [9.17, 15) is 0 Å². The van der Waals surface area contributed by atoms with Gasteiger partial charge in [0.05, 0.1) is 6.54 Å². The third kappa shape index (κ3) is 8.89. The molecule has 6 nitrogen and oxygen atoms in total. The zero-order valence-electron chi connectivity index (χ0n) is 15.2. The number of hydrogen-bond donors (Lipinski definition) is 2. The molecule has 0 aliphatic heterocycles. The molecule has 0 radical (unpaired) electrons. The van der Waals surface area contributed by atoms with E-state index in [0.717, 1.165) is 17.9 Å². The van der Waals surface area contributed by atoms with E-state index in [0.29, 0.717) is 37.5 Å². The van der Waals surface area contributed by atoms with E-state index in [-0.39, 0.29) is 24.0 Å². The highest BCUT2D eigenvalue weighted by Gasteiger charge is 1.99. The second-order valence-corrected chi connectivity index (χ2v) is 5.99. The molecule has 0 atom stereocenters. The van der Waals surface area contributed by atoms with Crippen LogP contribution in [0.1, 0.15) is 19.4 Å². The molecule has 0 saturated carbocycles. The molecule has 1 aromatic carbocycles. The van der Waals surface area contributed by atoms with Crippen molar-refractivity contribution in [2.45, 2.75) is 20.4 Å². The molecule has 3 N–H and O–H groups in total. The van der Waals surface area contributed by atoms with Crippen molar-refractivity contribution in [3.63, 3.8) is 0 Å². The Balaban J connectivity index is 0.00000338. The Hall–Kier alpha value is -2.03. The maximum absolute atomic E-state index is 5.81. The lowest BCUT2D eigenvalue weighted by Gasteiger charge is -2.08. The predicted molar refractivity (Wildman–Crippen MR) is 115 cm³/mol. The van der Waals surface area contributed by atoms with Crippen molar-refractivity contribution in [3.05, 3.63) is 54.2 Å². The van der Waals surface area contributed by atoms with Gasteiger partial charge in [0.1, 0.15) is 19.0 Å². The highest BCUT2D eigenvalue weighted by Crippen LogP contribution is 2.10. The average molecular weight is 470 g/mol.